The van der Waals surface area contributed by atoms with Crippen molar-refractivity contribution >= 4 is 37.7 Å². The molecule has 5 atom stereocenters. The molecule has 1 unspecified atom stereocenters. The summed E-state index contributed by atoms with van der Waals surface area (Å²) in [6, 6.07) is 31.3. The van der Waals surface area contributed by atoms with Gasteiger partial charge >= 0.3 is 0 Å². The van der Waals surface area contributed by atoms with E-state index in [0.29, 0.717) is 0 Å². The van der Waals surface area contributed by atoms with E-state index in [-0.39, 0.29) is 12.1 Å². The van der Waals surface area contributed by atoms with Crippen LogP contribution in [0.4, 0.5) is 0 Å². The van der Waals surface area contributed by atoms with E-state index in [9.17, 15) is 8.42 Å². The average Bonchev–Trinajstić information content (AvgIpc) is 3.59. The van der Waals surface area contributed by atoms with Crippen LogP contribution in [0.25, 0.3) is 0 Å². The van der Waals surface area contributed by atoms with E-state index in [1.165, 1.54) is 0 Å². The van der Waals surface area contributed by atoms with Crippen LogP contribution in [-0.4, -0.2) is 12.7 Å². The number of hydrogen-bond donors (Lipinski definition) is 0. The first-order valence-corrected chi connectivity index (χ1v) is 14.1. The second-order valence-electron chi connectivity index (χ2n) is 8.45. The van der Waals surface area contributed by atoms with Gasteiger partial charge in [0.15, 0.2) is 0 Å². The van der Waals surface area contributed by atoms with Crippen LogP contribution in [0.5, 0.6) is 0 Å². The van der Waals surface area contributed by atoms with E-state index in [0.717, 1.165) is 41.4 Å². The Morgan fingerprint density at radius 1 is 0.647 bits per heavy atom. The van der Waals surface area contributed by atoms with Crippen molar-refractivity contribution in [3.63, 3.8) is 0 Å². The molecule has 3 nitrogen and oxygen atoms in total. The van der Waals surface area contributed by atoms with Gasteiger partial charge in [0.05, 0.1) is 27.8 Å². The summed E-state index contributed by atoms with van der Waals surface area (Å²) in [5.74, 6) is 0. The molecule has 0 N–H and O–H groups in total. The second kappa shape index (κ2) is 9.70. The first kappa shape index (κ1) is 23.4. The molecule has 0 saturated carbocycles. The van der Waals surface area contributed by atoms with Gasteiger partial charge in [-0.1, -0.05) is 87.7 Å². The smallest absolute Gasteiger partial charge is 0.128 e. The Morgan fingerprint density at radius 3 is 1.76 bits per heavy atom. The van der Waals surface area contributed by atoms with E-state index in [2.05, 4.69) is 22.0 Å². The van der Waals surface area contributed by atoms with Crippen LogP contribution in [0.1, 0.15) is 34.3 Å². The van der Waals surface area contributed by atoms with Gasteiger partial charge in [-0.15, -0.1) is 0 Å². The largest absolute Gasteiger partial charge is 0.249 e. The summed E-state index contributed by atoms with van der Waals surface area (Å²) in [5.41, 5.74) is 4.28. The number of aryl methyl sites for hydroxylation is 2. The number of rotatable bonds is 6. The van der Waals surface area contributed by atoms with Gasteiger partial charge in [0.1, 0.15) is 11.0 Å². The van der Waals surface area contributed by atoms with Gasteiger partial charge in [0.25, 0.3) is 0 Å². The third-order valence-corrected chi connectivity index (χ3v) is 9.77. The average molecular weight is 551 g/mol. The van der Waals surface area contributed by atoms with Crippen molar-refractivity contribution in [2.24, 2.45) is 0 Å². The lowest BCUT2D eigenvalue weighted by molar-refractivity contribution is 0.637. The molecule has 172 valence electrons. The molecule has 0 bridgehead atoms. The Kier molecular flexibility index (Phi) is 6.67. The monoisotopic (exact) mass is 549 g/mol. The van der Waals surface area contributed by atoms with Crippen LogP contribution in [0.2, 0.25) is 0 Å². The Balaban J connectivity index is 1.58. The summed E-state index contributed by atoms with van der Waals surface area (Å²) < 4.78 is 30.3. The van der Waals surface area contributed by atoms with E-state index in [1.807, 2.05) is 109 Å². The van der Waals surface area contributed by atoms with E-state index < -0.39 is 21.8 Å². The van der Waals surface area contributed by atoms with Crippen LogP contribution in [-0.2, 0) is 21.8 Å². The van der Waals surface area contributed by atoms with Crippen molar-refractivity contribution in [2.75, 3.05) is 0 Å². The Hall–Kier alpha value is -2.38. The predicted molar refractivity (Wildman–Crippen MR) is 141 cm³/mol. The summed E-state index contributed by atoms with van der Waals surface area (Å²) in [6.07, 6.45) is 0. The molecule has 0 amide bonds. The fraction of sp³-hybridized carbons (Fsp3) is 0.143. The predicted octanol–water partition coefficient (Wildman–Crippen LogP) is 7.05. The van der Waals surface area contributed by atoms with Crippen molar-refractivity contribution < 1.29 is 8.42 Å². The van der Waals surface area contributed by atoms with Crippen molar-refractivity contribution in [1.82, 2.24) is 4.31 Å². The summed E-state index contributed by atoms with van der Waals surface area (Å²) in [6.45, 7) is 4.04. The van der Waals surface area contributed by atoms with Crippen LogP contribution < -0.4 is 0 Å². The molecule has 1 aliphatic rings. The highest BCUT2D eigenvalue weighted by molar-refractivity contribution is 9.10. The molecule has 4 aromatic carbocycles. The van der Waals surface area contributed by atoms with Crippen LogP contribution in [0.3, 0.4) is 0 Å². The van der Waals surface area contributed by atoms with Crippen molar-refractivity contribution in [2.45, 2.75) is 40.6 Å². The molecule has 34 heavy (non-hydrogen) atoms. The molecule has 1 saturated heterocycles. The zero-order valence-electron chi connectivity index (χ0n) is 18.9. The molecule has 1 heterocycles. The van der Waals surface area contributed by atoms with Gasteiger partial charge < -0.3 is 0 Å². The van der Waals surface area contributed by atoms with E-state index in [1.54, 1.807) is 0 Å². The zero-order chi connectivity index (χ0) is 23.8. The Bertz CT molecular complexity index is 1390. The normalized spacial score (nSPS) is 21.1. The minimum absolute atomic E-state index is 0.0890. The zero-order valence-corrected chi connectivity index (χ0v) is 22.1. The SMILES string of the molecule is Cc1ccc([S@](=O)c2ccccc2[C@H]2[C@@H](c3ccccc3Br)N2[S@](=O)c2ccc(C)cc2)cc1. The minimum Gasteiger partial charge on any atom is -0.249 e. The van der Waals surface area contributed by atoms with Gasteiger partial charge in [-0.05, 0) is 61.4 Å². The highest BCUT2D eigenvalue weighted by Crippen LogP contribution is 2.59. The maximum absolute atomic E-state index is 13.7. The van der Waals surface area contributed by atoms with Gasteiger partial charge in [-0.2, -0.15) is 0 Å². The molecule has 0 aromatic heterocycles. The van der Waals surface area contributed by atoms with Crippen LogP contribution in [0, 0.1) is 13.8 Å². The number of halogens is 1. The number of benzene rings is 4. The van der Waals surface area contributed by atoms with Crippen molar-refractivity contribution in [1.29, 1.82) is 0 Å². The molecule has 1 fully saturated rings. The fourth-order valence-corrected chi connectivity index (χ4v) is 7.40. The maximum Gasteiger partial charge on any atom is 0.128 e. The first-order chi connectivity index (χ1) is 16.5. The fourth-order valence-electron chi connectivity index (χ4n) is 4.21. The molecule has 5 rings (SSSR count). The van der Waals surface area contributed by atoms with Crippen LogP contribution >= 0.6 is 15.9 Å². The van der Waals surface area contributed by atoms with Gasteiger partial charge in [0, 0.05) is 14.3 Å². The number of hydrogen-bond acceptors (Lipinski definition) is 2. The van der Waals surface area contributed by atoms with E-state index >= 15 is 0 Å². The first-order valence-electron chi connectivity index (χ1n) is 11.0. The third kappa shape index (κ3) is 4.48. The lowest BCUT2D eigenvalue weighted by Gasteiger charge is -2.10. The van der Waals surface area contributed by atoms with Gasteiger partial charge in [-0.3, -0.25) is 0 Å². The summed E-state index contributed by atoms with van der Waals surface area (Å²) in [4.78, 5) is 2.29. The standard InChI is InChI=1S/C28H24BrNO2S2/c1-19-11-15-21(16-12-19)33(31)26-10-6-4-8-24(26)28-27(23-7-3-5-9-25(23)29)30(28)34(32)22-17-13-20(2)14-18-22/h3-18,27-28H,1-2H3/t27-,28+,30?,33+,34-/m1/s1. The molecule has 1 aliphatic heterocycles. The Labute approximate surface area is 214 Å². The van der Waals surface area contributed by atoms with Crippen molar-refractivity contribution in [3.05, 3.63) is 124 Å². The summed E-state index contributed by atoms with van der Waals surface area (Å²) >= 11 is 3.68. The van der Waals surface area contributed by atoms with Crippen molar-refractivity contribution in [3.8, 4) is 0 Å². The molecule has 4 aromatic rings. The second-order valence-corrected chi connectivity index (χ2v) is 12.1. The highest BCUT2D eigenvalue weighted by atomic mass is 79.9. The summed E-state index contributed by atoms with van der Waals surface area (Å²) in [7, 11) is -2.69. The number of nitrogens with zero attached hydrogens (tertiary/aromatic N) is 1. The van der Waals surface area contributed by atoms with E-state index in [4.69, 9.17) is 0 Å². The lowest BCUT2D eigenvalue weighted by atomic mass is 10.0. The Morgan fingerprint density at radius 2 is 1.15 bits per heavy atom. The molecule has 0 spiro atoms. The molecular formula is C28H24BrNO2S2. The molecule has 0 aliphatic carbocycles. The maximum atomic E-state index is 13.7. The minimum atomic E-state index is -1.36. The highest BCUT2D eigenvalue weighted by Gasteiger charge is 2.55. The van der Waals surface area contributed by atoms with Gasteiger partial charge in [0.2, 0.25) is 0 Å². The van der Waals surface area contributed by atoms with Crippen LogP contribution in [0.15, 0.2) is 116 Å². The lowest BCUT2D eigenvalue weighted by Crippen LogP contribution is -2.06. The molecule has 0 radical (unpaired) electrons. The third-order valence-electron chi connectivity index (χ3n) is 6.07. The quantitative estimate of drug-likeness (QED) is 0.241. The topological polar surface area (TPSA) is 37.1 Å². The summed E-state index contributed by atoms with van der Waals surface area (Å²) in [5, 5.41) is 0. The van der Waals surface area contributed by atoms with Gasteiger partial charge in [-0.25, -0.2) is 12.7 Å². The molecule has 6 heteroatoms. The molecular weight excluding hydrogens is 526 g/mol.